The zero-order valence-corrected chi connectivity index (χ0v) is 14.1. The first-order chi connectivity index (χ1) is 11.1. The Kier molecular flexibility index (Phi) is 4.35. The van der Waals surface area contributed by atoms with Gasteiger partial charge >= 0.3 is 0 Å². The lowest BCUT2D eigenvalue weighted by Gasteiger charge is -2.13. The lowest BCUT2D eigenvalue weighted by Crippen LogP contribution is -2.15. The van der Waals surface area contributed by atoms with E-state index in [1.54, 1.807) is 0 Å². The van der Waals surface area contributed by atoms with Crippen LogP contribution in [0.25, 0.3) is 22.4 Å². The minimum Gasteiger partial charge on any atom is -0.398 e. The SMILES string of the molecule is Cc1ccc(-c2nc3ccccc3n2CCCN(C)C)cc1N. The summed E-state index contributed by atoms with van der Waals surface area (Å²) in [5, 5.41) is 0. The summed E-state index contributed by atoms with van der Waals surface area (Å²) >= 11 is 0. The zero-order valence-electron chi connectivity index (χ0n) is 14.1. The van der Waals surface area contributed by atoms with Gasteiger partial charge in [0.1, 0.15) is 5.82 Å². The Morgan fingerprint density at radius 1 is 1.13 bits per heavy atom. The van der Waals surface area contributed by atoms with Gasteiger partial charge in [-0.05, 0) is 57.7 Å². The highest BCUT2D eigenvalue weighted by atomic mass is 15.1. The van der Waals surface area contributed by atoms with Crippen molar-refractivity contribution in [3.05, 3.63) is 48.0 Å². The Morgan fingerprint density at radius 2 is 1.91 bits per heavy atom. The molecule has 3 rings (SSSR count). The molecule has 4 nitrogen and oxygen atoms in total. The summed E-state index contributed by atoms with van der Waals surface area (Å²) in [6, 6.07) is 14.5. The minimum absolute atomic E-state index is 0.814. The molecule has 0 atom stereocenters. The molecule has 0 unspecified atom stereocenters. The van der Waals surface area contributed by atoms with Gasteiger partial charge in [0.05, 0.1) is 11.0 Å². The summed E-state index contributed by atoms with van der Waals surface area (Å²) in [5.41, 5.74) is 11.3. The number of fused-ring (bicyclic) bond motifs is 1. The standard InChI is InChI=1S/C19H24N4/c1-14-9-10-15(13-16(14)20)19-21-17-7-4-5-8-18(17)23(19)12-6-11-22(2)3/h4-5,7-10,13H,6,11-12,20H2,1-3H3. The summed E-state index contributed by atoms with van der Waals surface area (Å²) in [6.07, 6.45) is 1.09. The summed E-state index contributed by atoms with van der Waals surface area (Å²) in [7, 11) is 4.21. The van der Waals surface area contributed by atoms with Crippen LogP contribution in [0.5, 0.6) is 0 Å². The van der Waals surface area contributed by atoms with E-state index in [1.807, 2.05) is 19.1 Å². The van der Waals surface area contributed by atoms with Crippen molar-refractivity contribution in [1.82, 2.24) is 14.5 Å². The Balaban J connectivity index is 2.05. The van der Waals surface area contributed by atoms with Gasteiger partial charge in [-0.1, -0.05) is 24.3 Å². The Hall–Kier alpha value is -2.33. The Morgan fingerprint density at radius 3 is 2.65 bits per heavy atom. The van der Waals surface area contributed by atoms with E-state index in [9.17, 15) is 0 Å². The van der Waals surface area contributed by atoms with Crippen molar-refractivity contribution >= 4 is 16.7 Å². The Bertz CT molecular complexity index is 817. The average Bonchev–Trinajstić information content (AvgIpc) is 2.89. The maximum Gasteiger partial charge on any atom is 0.141 e. The van der Waals surface area contributed by atoms with Crippen LogP contribution in [0.15, 0.2) is 42.5 Å². The van der Waals surface area contributed by atoms with E-state index in [2.05, 4.69) is 53.9 Å². The molecular formula is C19H24N4. The quantitative estimate of drug-likeness (QED) is 0.733. The van der Waals surface area contributed by atoms with Gasteiger partial charge in [-0.3, -0.25) is 0 Å². The second-order valence-electron chi connectivity index (χ2n) is 6.30. The number of imidazole rings is 1. The summed E-state index contributed by atoms with van der Waals surface area (Å²) in [4.78, 5) is 7.06. The molecule has 23 heavy (non-hydrogen) atoms. The van der Waals surface area contributed by atoms with Crippen LogP contribution in [0, 0.1) is 6.92 Å². The fourth-order valence-corrected chi connectivity index (χ4v) is 2.85. The normalized spacial score (nSPS) is 11.5. The number of anilines is 1. The van der Waals surface area contributed by atoms with Gasteiger partial charge in [-0.25, -0.2) is 4.98 Å². The van der Waals surface area contributed by atoms with Crippen molar-refractivity contribution in [2.45, 2.75) is 19.9 Å². The molecule has 0 spiro atoms. The lowest BCUT2D eigenvalue weighted by atomic mass is 10.1. The number of nitrogen functional groups attached to an aromatic ring is 1. The fourth-order valence-electron chi connectivity index (χ4n) is 2.85. The third-order valence-corrected chi connectivity index (χ3v) is 4.18. The molecule has 0 aliphatic rings. The molecule has 1 heterocycles. The first-order valence-corrected chi connectivity index (χ1v) is 8.03. The van der Waals surface area contributed by atoms with Crippen molar-refractivity contribution in [2.75, 3.05) is 26.4 Å². The number of aromatic nitrogens is 2. The lowest BCUT2D eigenvalue weighted by molar-refractivity contribution is 0.388. The second-order valence-corrected chi connectivity index (χ2v) is 6.30. The van der Waals surface area contributed by atoms with Gasteiger partial charge in [0.15, 0.2) is 0 Å². The molecule has 0 bridgehead atoms. The van der Waals surface area contributed by atoms with E-state index in [0.717, 1.165) is 47.7 Å². The van der Waals surface area contributed by atoms with E-state index >= 15 is 0 Å². The van der Waals surface area contributed by atoms with Crippen molar-refractivity contribution in [1.29, 1.82) is 0 Å². The first-order valence-electron chi connectivity index (χ1n) is 8.03. The fraction of sp³-hybridized carbons (Fsp3) is 0.316. The molecule has 0 saturated carbocycles. The van der Waals surface area contributed by atoms with Crippen molar-refractivity contribution < 1.29 is 0 Å². The zero-order chi connectivity index (χ0) is 16.4. The summed E-state index contributed by atoms with van der Waals surface area (Å²) in [6.45, 7) is 4.03. The molecule has 3 aromatic rings. The van der Waals surface area contributed by atoms with E-state index in [1.165, 1.54) is 5.52 Å². The maximum absolute atomic E-state index is 6.10. The highest BCUT2D eigenvalue weighted by Gasteiger charge is 2.13. The predicted molar refractivity (Wildman–Crippen MR) is 97.5 cm³/mol. The number of rotatable bonds is 5. The highest BCUT2D eigenvalue weighted by molar-refractivity contribution is 5.81. The van der Waals surface area contributed by atoms with Gasteiger partial charge in [0.2, 0.25) is 0 Å². The van der Waals surface area contributed by atoms with Crippen LogP contribution in [-0.2, 0) is 6.54 Å². The molecule has 0 amide bonds. The van der Waals surface area contributed by atoms with E-state index < -0.39 is 0 Å². The molecule has 0 fully saturated rings. The maximum atomic E-state index is 6.10. The molecular weight excluding hydrogens is 284 g/mol. The molecule has 2 N–H and O–H groups in total. The number of benzene rings is 2. The molecule has 0 saturated heterocycles. The number of aryl methyl sites for hydroxylation is 2. The van der Waals surface area contributed by atoms with E-state index in [-0.39, 0.29) is 0 Å². The number of para-hydroxylation sites is 2. The number of nitrogens with zero attached hydrogens (tertiary/aromatic N) is 3. The van der Waals surface area contributed by atoms with Gasteiger partial charge in [0.25, 0.3) is 0 Å². The molecule has 4 heteroatoms. The van der Waals surface area contributed by atoms with Crippen LogP contribution in [0.4, 0.5) is 5.69 Å². The molecule has 120 valence electrons. The second kappa shape index (κ2) is 6.42. The van der Waals surface area contributed by atoms with Gasteiger partial charge in [-0.15, -0.1) is 0 Å². The van der Waals surface area contributed by atoms with Gasteiger partial charge in [0, 0.05) is 17.8 Å². The third-order valence-electron chi connectivity index (χ3n) is 4.18. The van der Waals surface area contributed by atoms with E-state index in [0.29, 0.717) is 0 Å². The van der Waals surface area contributed by atoms with Crippen molar-refractivity contribution in [2.24, 2.45) is 0 Å². The van der Waals surface area contributed by atoms with Crippen LogP contribution < -0.4 is 5.73 Å². The van der Waals surface area contributed by atoms with Crippen LogP contribution >= 0.6 is 0 Å². The topological polar surface area (TPSA) is 47.1 Å². The van der Waals surface area contributed by atoms with Crippen LogP contribution in [0.1, 0.15) is 12.0 Å². The van der Waals surface area contributed by atoms with Crippen molar-refractivity contribution in [3.63, 3.8) is 0 Å². The van der Waals surface area contributed by atoms with Gasteiger partial charge in [-0.2, -0.15) is 0 Å². The average molecular weight is 308 g/mol. The first kappa shape index (κ1) is 15.6. The van der Waals surface area contributed by atoms with Crippen LogP contribution in [0.3, 0.4) is 0 Å². The van der Waals surface area contributed by atoms with Crippen LogP contribution in [0.2, 0.25) is 0 Å². The highest BCUT2D eigenvalue weighted by Crippen LogP contribution is 2.27. The van der Waals surface area contributed by atoms with Crippen molar-refractivity contribution in [3.8, 4) is 11.4 Å². The summed E-state index contributed by atoms with van der Waals surface area (Å²) in [5.74, 6) is 0.997. The molecule has 1 aromatic heterocycles. The summed E-state index contributed by atoms with van der Waals surface area (Å²) < 4.78 is 2.31. The number of hydrogen-bond donors (Lipinski definition) is 1. The molecule has 0 aliphatic carbocycles. The van der Waals surface area contributed by atoms with Crippen LogP contribution in [-0.4, -0.2) is 35.1 Å². The monoisotopic (exact) mass is 308 g/mol. The number of hydrogen-bond acceptors (Lipinski definition) is 3. The van der Waals surface area contributed by atoms with E-state index in [4.69, 9.17) is 10.7 Å². The Labute approximate surface area is 137 Å². The molecule has 2 aromatic carbocycles. The smallest absolute Gasteiger partial charge is 0.141 e. The third kappa shape index (κ3) is 3.22. The molecule has 0 radical (unpaired) electrons. The number of nitrogens with two attached hydrogens (primary N) is 1. The van der Waals surface area contributed by atoms with Gasteiger partial charge < -0.3 is 15.2 Å². The largest absolute Gasteiger partial charge is 0.398 e. The predicted octanol–water partition coefficient (Wildman–Crippen LogP) is 3.55. The minimum atomic E-state index is 0.814. The molecule has 0 aliphatic heterocycles.